The number of amides is 1. The smallest absolute Gasteiger partial charge is 0.255 e. The summed E-state index contributed by atoms with van der Waals surface area (Å²) in [5, 5.41) is 6.20. The van der Waals surface area contributed by atoms with E-state index in [1.54, 1.807) is 12.1 Å². The zero-order valence-corrected chi connectivity index (χ0v) is 16.9. The summed E-state index contributed by atoms with van der Waals surface area (Å²) in [5.41, 5.74) is 6.26. The van der Waals surface area contributed by atoms with Gasteiger partial charge >= 0.3 is 0 Å². The van der Waals surface area contributed by atoms with Crippen LogP contribution in [-0.4, -0.2) is 15.9 Å². The summed E-state index contributed by atoms with van der Waals surface area (Å²) in [4.78, 5) is 21.3. The molecule has 4 aromatic rings. The first-order valence-corrected chi connectivity index (χ1v) is 9.71. The lowest BCUT2D eigenvalue weighted by atomic mass is 10.1. The second-order valence-corrected chi connectivity index (χ2v) is 7.19. The van der Waals surface area contributed by atoms with E-state index in [1.807, 2.05) is 61.5 Å². The summed E-state index contributed by atoms with van der Waals surface area (Å²) in [6, 6.07) is 25.1. The van der Waals surface area contributed by atoms with Crippen LogP contribution in [-0.2, 0) is 0 Å². The average Bonchev–Trinajstić information content (AvgIpc) is 2.74. The molecule has 30 heavy (non-hydrogen) atoms. The maximum Gasteiger partial charge on any atom is 0.255 e. The minimum absolute atomic E-state index is 0.160. The Balaban J connectivity index is 1.52. The molecule has 1 heterocycles. The molecule has 5 heteroatoms. The van der Waals surface area contributed by atoms with E-state index in [1.165, 1.54) is 11.9 Å². The van der Waals surface area contributed by atoms with E-state index in [0.717, 1.165) is 28.2 Å². The molecule has 3 aromatic carbocycles. The summed E-state index contributed by atoms with van der Waals surface area (Å²) in [5.74, 6) is 0.505. The molecule has 148 valence electrons. The summed E-state index contributed by atoms with van der Waals surface area (Å²) < 4.78 is 0. The Kier molecular flexibility index (Phi) is 5.52. The lowest BCUT2D eigenvalue weighted by Gasteiger charge is -2.10. The number of nitrogens with zero attached hydrogens (tertiary/aromatic N) is 2. The Morgan fingerprint density at radius 1 is 0.767 bits per heavy atom. The molecule has 0 saturated heterocycles. The van der Waals surface area contributed by atoms with Crippen LogP contribution in [0.5, 0.6) is 0 Å². The van der Waals surface area contributed by atoms with E-state index in [0.29, 0.717) is 11.4 Å². The number of aromatic nitrogens is 2. The predicted octanol–water partition coefficient (Wildman–Crippen LogP) is 5.76. The van der Waals surface area contributed by atoms with Gasteiger partial charge in [0.05, 0.1) is 5.69 Å². The fourth-order valence-corrected chi connectivity index (χ4v) is 3.20. The fraction of sp³-hybridized carbons (Fsp3) is 0.0800. The molecule has 1 aromatic heterocycles. The van der Waals surface area contributed by atoms with E-state index in [2.05, 4.69) is 39.7 Å². The monoisotopic (exact) mass is 394 g/mol. The van der Waals surface area contributed by atoms with Crippen molar-refractivity contribution in [3.05, 3.63) is 102 Å². The van der Waals surface area contributed by atoms with Crippen molar-refractivity contribution >= 4 is 23.1 Å². The maximum absolute atomic E-state index is 12.6. The highest BCUT2D eigenvalue weighted by molar-refractivity contribution is 6.04. The van der Waals surface area contributed by atoms with Crippen LogP contribution in [0.2, 0.25) is 0 Å². The van der Waals surface area contributed by atoms with Gasteiger partial charge in [-0.1, -0.05) is 42.0 Å². The van der Waals surface area contributed by atoms with Gasteiger partial charge in [0.25, 0.3) is 5.91 Å². The van der Waals surface area contributed by atoms with E-state index in [-0.39, 0.29) is 5.91 Å². The molecule has 0 spiro atoms. The van der Waals surface area contributed by atoms with Gasteiger partial charge in [-0.15, -0.1) is 0 Å². The molecule has 0 atom stereocenters. The first-order chi connectivity index (χ1) is 14.6. The predicted molar refractivity (Wildman–Crippen MR) is 121 cm³/mol. The molecular formula is C25H22N4O. The number of hydrogen-bond acceptors (Lipinski definition) is 4. The zero-order valence-electron chi connectivity index (χ0n) is 16.9. The Morgan fingerprint density at radius 2 is 1.50 bits per heavy atom. The molecule has 0 fully saturated rings. The van der Waals surface area contributed by atoms with Crippen molar-refractivity contribution in [3.63, 3.8) is 0 Å². The number of carbonyl (C=O) groups excluding carboxylic acids is 1. The standard InChI is InChI=1S/C25H22N4O/c1-17-6-3-8-19(12-17)23-15-24(27-16-26-23)28-22-11-5-9-20(14-22)25(30)29-21-10-4-7-18(2)13-21/h3-16H,1-2H3,(H,29,30)(H,26,27,28). The molecule has 0 unspecified atom stereocenters. The number of nitrogens with one attached hydrogen (secondary N) is 2. The second kappa shape index (κ2) is 8.57. The van der Waals surface area contributed by atoms with E-state index in [9.17, 15) is 4.79 Å². The first-order valence-electron chi connectivity index (χ1n) is 9.71. The van der Waals surface area contributed by atoms with E-state index in [4.69, 9.17) is 0 Å². The minimum atomic E-state index is -0.160. The van der Waals surface area contributed by atoms with Crippen LogP contribution in [0.4, 0.5) is 17.2 Å². The van der Waals surface area contributed by atoms with Crippen LogP contribution in [0, 0.1) is 13.8 Å². The van der Waals surface area contributed by atoms with Crippen LogP contribution in [0.3, 0.4) is 0 Å². The molecule has 0 aliphatic rings. The number of carbonyl (C=O) groups is 1. The van der Waals surface area contributed by atoms with Crippen LogP contribution in [0.1, 0.15) is 21.5 Å². The van der Waals surface area contributed by atoms with Crippen molar-refractivity contribution in [2.24, 2.45) is 0 Å². The quantitative estimate of drug-likeness (QED) is 0.452. The molecule has 0 bridgehead atoms. The van der Waals surface area contributed by atoms with Crippen LogP contribution < -0.4 is 10.6 Å². The largest absolute Gasteiger partial charge is 0.340 e. The minimum Gasteiger partial charge on any atom is -0.340 e. The molecule has 0 aliphatic carbocycles. The molecule has 0 saturated carbocycles. The third-order valence-electron chi connectivity index (χ3n) is 4.65. The van der Waals surface area contributed by atoms with Crippen LogP contribution in [0.25, 0.3) is 11.3 Å². The van der Waals surface area contributed by atoms with Crippen molar-refractivity contribution in [3.8, 4) is 11.3 Å². The Hall–Kier alpha value is -3.99. The topological polar surface area (TPSA) is 66.9 Å². The second-order valence-electron chi connectivity index (χ2n) is 7.19. The summed E-state index contributed by atoms with van der Waals surface area (Å²) >= 11 is 0. The van der Waals surface area contributed by atoms with Crippen molar-refractivity contribution in [2.75, 3.05) is 10.6 Å². The Labute approximate surface area is 175 Å². The third kappa shape index (κ3) is 4.70. The molecule has 5 nitrogen and oxygen atoms in total. The van der Waals surface area contributed by atoms with Gasteiger partial charge in [-0.3, -0.25) is 4.79 Å². The Bertz CT molecular complexity index is 1200. The fourth-order valence-electron chi connectivity index (χ4n) is 3.20. The van der Waals surface area contributed by atoms with E-state index < -0.39 is 0 Å². The first kappa shape index (κ1) is 19.3. The molecule has 4 rings (SSSR count). The molecule has 2 N–H and O–H groups in total. The van der Waals surface area contributed by atoms with Gasteiger partial charge < -0.3 is 10.6 Å². The highest BCUT2D eigenvalue weighted by atomic mass is 16.1. The number of aryl methyl sites for hydroxylation is 2. The maximum atomic E-state index is 12.6. The number of hydrogen-bond donors (Lipinski definition) is 2. The van der Waals surface area contributed by atoms with Gasteiger partial charge in [0.1, 0.15) is 12.1 Å². The summed E-state index contributed by atoms with van der Waals surface area (Å²) in [6.45, 7) is 4.05. The molecule has 1 amide bonds. The van der Waals surface area contributed by atoms with Gasteiger partial charge in [-0.2, -0.15) is 0 Å². The van der Waals surface area contributed by atoms with Gasteiger partial charge in [0.2, 0.25) is 0 Å². The van der Waals surface area contributed by atoms with Gasteiger partial charge in [-0.05, 0) is 55.8 Å². The number of rotatable bonds is 5. The zero-order chi connectivity index (χ0) is 20.9. The number of benzene rings is 3. The molecular weight excluding hydrogens is 372 g/mol. The normalized spacial score (nSPS) is 10.5. The van der Waals surface area contributed by atoms with Crippen molar-refractivity contribution in [2.45, 2.75) is 13.8 Å². The van der Waals surface area contributed by atoms with E-state index >= 15 is 0 Å². The van der Waals surface area contributed by atoms with Crippen molar-refractivity contribution in [1.82, 2.24) is 9.97 Å². The average molecular weight is 394 g/mol. The van der Waals surface area contributed by atoms with Crippen LogP contribution in [0.15, 0.2) is 85.2 Å². The lowest BCUT2D eigenvalue weighted by molar-refractivity contribution is 0.102. The third-order valence-corrected chi connectivity index (χ3v) is 4.65. The lowest BCUT2D eigenvalue weighted by Crippen LogP contribution is -2.12. The van der Waals surface area contributed by atoms with Gasteiger partial charge in [0.15, 0.2) is 0 Å². The number of anilines is 3. The SMILES string of the molecule is Cc1cccc(NC(=O)c2cccc(Nc3cc(-c4cccc(C)c4)ncn3)c2)c1. The molecule has 0 radical (unpaired) electrons. The van der Waals surface area contributed by atoms with Crippen molar-refractivity contribution < 1.29 is 4.79 Å². The van der Waals surface area contributed by atoms with Crippen LogP contribution >= 0.6 is 0 Å². The molecule has 0 aliphatic heterocycles. The van der Waals surface area contributed by atoms with Gasteiger partial charge in [0, 0.05) is 28.6 Å². The summed E-state index contributed by atoms with van der Waals surface area (Å²) in [6.07, 6.45) is 1.54. The highest BCUT2D eigenvalue weighted by Crippen LogP contribution is 2.22. The van der Waals surface area contributed by atoms with Crippen molar-refractivity contribution in [1.29, 1.82) is 0 Å². The van der Waals surface area contributed by atoms with Gasteiger partial charge in [-0.25, -0.2) is 9.97 Å². The Morgan fingerprint density at radius 3 is 2.30 bits per heavy atom. The summed E-state index contributed by atoms with van der Waals surface area (Å²) in [7, 11) is 0. The highest BCUT2D eigenvalue weighted by Gasteiger charge is 2.08.